The monoisotopic (exact) mass is 401 g/mol. The van der Waals surface area contributed by atoms with Gasteiger partial charge in [-0.1, -0.05) is 41.6 Å². The summed E-state index contributed by atoms with van der Waals surface area (Å²) in [5.74, 6) is -0.724. The number of nitrogens with zero attached hydrogens (tertiary/aromatic N) is 4. The van der Waals surface area contributed by atoms with E-state index in [9.17, 15) is 13.2 Å². The number of anilines is 1. The minimum atomic E-state index is -3.89. The van der Waals surface area contributed by atoms with Crippen LogP contribution in [0.15, 0.2) is 53.7 Å². The maximum atomic E-state index is 12.7. The lowest BCUT2D eigenvalue weighted by atomic mass is 10.0. The number of nitrogen functional groups attached to an aromatic ring is 1. The minimum absolute atomic E-state index is 0.154. The summed E-state index contributed by atoms with van der Waals surface area (Å²) in [6.07, 6.45) is 0. The molecule has 0 aliphatic heterocycles. The first-order chi connectivity index (χ1) is 13.2. The fourth-order valence-electron chi connectivity index (χ4n) is 2.60. The Balaban J connectivity index is 2.24. The van der Waals surface area contributed by atoms with Gasteiger partial charge in [-0.05, 0) is 12.1 Å². The molecule has 10 heteroatoms. The van der Waals surface area contributed by atoms with Crippen LogP contribution in [0.2, 0.25) is 0 Å². The van der Waals surface area contributed by atoms with Crippen LogP contribution < -0.4 is 5.73 Å². The van der Waals surface area contributed by atoms with Gasteiger partial charge in [-0.15, -0.1) is 0 Å². The number of hydrogen-bond acceptors (Lipinski definition) is 7. The second kappa shape index (κ2) is 7.41. The molecule has 9 nitrogen and oxygen atoms in total. The van der Waals surface area contributed by atoms with Crippen molar-refractivity contribution < 1.29 is 18.0 Å². The topological polar surface area (TPSA) is 120 Å². The van der Waals surface area contributed by atoms with E-state index in [2.05, 4.69) is 10.1 Å². The third kappa shape index (κ3) is 3.59. The number of aromatic nitrogens is 2. The molecule has 0 atom stereocenters. The van der Waals surface area contributed by atoms with Gasteiger partial charge < -0.3 is 10.6 Å². The molecule has 0 saturated carbocycles. The molecular formula is C18H19N5O4S. The van der Waals surface area contributed by atoms with Crippen LogP contribution in [-0.2, 0) is 19.8 Å². The highest BCUT2D eigenvalue weighted by Crippen LogP contribution is 2.24. The summed E-state index contributed by atoms with van der Waals surface area (Å²) in [5.41, 5.74) is 8.15. The van der Waals surface area contributed by atoms with Gasteiger partial charge in [0.1, 0.15) is 5.71 Å². The predicted molar refractivity (Wildman–Crippen MR) is 106 cm³/mol. The second-order valence-electron chi connectivity index (χ2n) is 6.12. The minimum Gasteiger partial charge on any atom is -0.368 e. The lowest BCUT2D eigenvalue weighted by Crippen LogP contribution is -2.29. The van der Waals surface area contributed by atoms with Crippen LogP contribution in [-0.4, -0.2) is 47.5 Å². The first-order valence-corrected chi connectivity index (χ1v) is 9.64. The Morgan fingerprint density at radius 2 is 1.82 bits per heavy atom. The van der Waals surface area contributed by atoms with E-state index in [1.54, 1.807) is 30.3 Å². The normalized spacial score (nSPS) is 12.5. The number of carbonyl (C=O) groups excluding carboxylic acids is 1. The van der Waals surface area contributed by atoms with E-state index in [1.165, 1.54) is 21.0 Å². The first-order valence-electron chi connectivity index (χ1n) is 8.24. The van der Waals surface area contributed by atoms with E-state index >= 15 is 0 Å². The molecule has 0 fully saturated rings. The van der Waals surface area contributed by atoms with Crippen molar-refractivity contribution in [3.63, 3.8) is 0 Å². The zero-order valence-electron chi connectivity index (χ0n) is 15.5. The third-order valence-corrected chi connectivity index (χ3v) is 5.68. The highest BCUT2D eigenvalue weighted by atomic mass is 32.2. The summed E-state index contributed by atoms with van der Waals surface area (Å²) in [6.45, 7) is 1.24. The number of oxime groups is 1. The van der Waals surface area contributed by atoms with Crippen molar-refractivity contribution in [2.75, 3.05) is 19.8 Å². The van der Waals surface area contributed by atoms with Crippen LogP contribution in [0, 0.1) is 0 Å². The molecule has 0 bridgehead atoms. The van der Waals surface area contributed by atoms with Crippen LogP contribution in [0.25, 0.3) is 11.0 Å². The van der Waals surface area contributed by atoms with Gasteiger partial charge in [0.15, 0.2) is 0 Å². The van der Waals surface area contributed by atoms with E-state index in [4.69, 9.17) is 10.6 Å². The molecule has 146 valence electrons. The quantitative estimate of drug-likeness (QED) is 0.394. The Bertz CT molecular complexity index is 1170. The molecule has 1 aromatic heterocycles. The molecule has 0 radical (unpaired) electrons. The molecular weight excluding hydrogens is 382 g/mol. The number of benzene rings is 2. The molecule has 2 N–H and O–H groups in total. The van der Waals surface area contributed by atoms with Crippen molar-refractivity contribution in [1.82, 2.24) is 13.3 Å². The average Bonchev–Trinajstić information content (AvgIpc) is 2.98. The van der Waals surface area contributed by atoms with Gasteiger partial charge in [-0.25, -0.2) is 9.78 Å². The lowest BCUT2D eigenvalue weighted by Gasteiger charge is -2.14. The Hall–Kier alpha value is -3.24. The standard InChI is InChI=1S/C18H19N5O4S/c1-12(24)27-21-17(13-7-5-4-6-8-13)14-9-10-15-16(11-14)23(18(19)20-15)28(25,26)22(2)3/h4-11H,1-3H3,(H2,19,20). The smallest absolute Gasteiger partial charge is 0.332 e. The molecule has 0 amide bonds. The van der Waals surface area contributed by atoms with Gasteiger partial charge in [-0.3, -0.25) is 0 Å². The summed E-state index contributed by atoms with van der Waals surface area (Å²) in [4.78, 5) is 20.2. The lowest BCUT2D eigenvalue weighted by molar-refractivity contribution is -0.140. The van der Waals surface area contributed by atoms with Gasteiger partial charge in [0.25, 0.3) is 0 Å². The first kappa shape index (κ1) is 19.5. The second-order valence-corrected chi connectivity index (χ2v) is 8.11. The molecule has 0 aliphatic rings. The van der Waals surface area contributed by atoms with E-state index in [0.29, 0.717) is 22.4 Å². The fraction of sp³-hybridized carbons (Fsp3) is 0.167. The number of rotatable bonds is 5. The SMILES string of the molecule is CC(=O)ON=C(c1ccccc1)c1ccc2nc(N)n(S(=O)(=O)N(C)C)c2c1. The van der Waals surface area contributed by atoms with Crippen LogP contribution in [0.1, 0.15) is 18.1 Å². The Kier molecular flexibility index (Phi) is 5.16. The predicted octanol–water partition coefficient (Wildman–Crippen LogP) is 1.59. The summed E-state index contributed by atoms with van der Waals surface area (Å²) < 4.78 is 27.3. The largest absolute Gasteiger partial charge is 0.368 e. The maximum absolute atomic E-state index is 12.7. The average molecular weight is 401 g/mol. The number of hydrogen-bond donors (Lipinski definition) is 1. The number of nitrogens with two attached hydrogens (primary N) is 1. The Morgan fingerprint density at radius 3 is 2.43 bits per heavy atom. The van der Waals surface area contributed by atoms with Crippen LogP contribution in [0.4, 0.5) is 5.95 Å². The van der Waals surface area contributed by atoms with Crippen molar-refractivity contribution in [3.05, 3.63) is 59.7 Å². The molecule has 3 rings (SSSR count). The summed E-state index contributed by atoms with van der Waals surface area (Å²) in [6, 6.07) is 14.0. The Morgan fingerprint density at radius 1 is 1.14 bits per heavy atom. The van der Waals surface area contributed by atoms with Crippen molar-refractivity contribution >= 4 is 38.9 Å². The highest BCUT2D eigenvalue weighted by molar-refractivity contribution is 7.87. The number of fused-ring (bicyclic) bond motifs is 1. The van der Waals surface area contributed by atoms with Crippen molar-refractivity contribution in [2.24, 2.45) is 5.16 Å². The van der Waals surface area contributed by atoms with Crippen molar-refractivity contribution in [2.45, 2.75) is 6.92 Å². The zero-order valence-corrected chi connectivity index (χ0v) is 16.3. The molecule has 0 saturated heterocycles. The molecule has 28 heavy (non-hydrogen) atoms. The maximum Gasteiger partial charge on any atom is 0.332 e. The van der Waals surface area contributed by atoms with Crippen LogP contribution in [0.5, 0.6) is 0 Å². The molecule has 1 heterocycles. The summed E-state index contributed by atoms with van der Waals surface area (Å²) >= 11 is 0. The zero-order chi connectivity index (χ0) is 20.5. The van der Waals surface area contributed by atoms with E-state index in [-0.39, 0.29) is 11.5 Å². The van der Waals surface area contributed by atoms with Crippen LogP contribution >= 0.6 is 0 Å². The van der Waals surface area contributed by atoms with Gasteiger partial charge in [0, 0.05) is 32.1 Å². The Labute approximate surface area is 162 Å². The van der Waals surface area contributed by atoms with Crippen molar-refractivity contribution in [1.29, 1.82) is 0 Å². The molecule has 0 aliphatic carbocycles. The van der Waals surface area contributed by atoms with E-state index < -0.39 is 16.2 Å². The molecule has 0 unspecified atom stereocenters. The van der Waals surface area contributed by atoms with Crippen molar-refractivity contribution in [3.8, 4) is 0 Å². The number of carbonyl (C=O) groups is 1. The van der Waals surface area contributed by atoms with Crippen LogP contribution in [0.3, 0.4) is 0 Å². The van der Waals surface area contributed by atoms with Gasteiger partial charge in [-0.2, -0.15) is 16.7 Å². The van der Waals surface area contributed by atoms with E-state index in [0.717, 1.165) is 8.28 Å². The molecule has 3 aromatic rings. The fourth-order valence-corrected chi connectivity index (χ4v) is 3.60. The summed E-state index contributed by atoms with van der Waals surface area (Å²) in [5, 5.41) is 3.95. The highest BCUT2D eigenvalue weighted by Gasteiger charge is 2.24. The number of imidazole rings is 1. The summed E-state index contributed by atoms with van der Waals surface area (Å²) in [7, 11) is -1.08. The van der Waals surface area contributed by atoms with Gasteiger partial charge >= 0.3 is 16.2 Å². The third-order valence-electron chi connectivity index (χ3n) is 3.92. The van der Waals surface area contributed by atoms with E-state index in [1.807, 2.05) is 18.2 Å². The molecule has 2 aromatic carbocycles. The van der Waals surface area contributed by atoms with Gasteiger partial charge in [0.2, 0.25) is 5.95 Å². The molecule has 0 spiro atoms. The van der Waals surface area contributed by atoms with Gasteiger partial charge in [0.05, 0.1) is 11.0 Å².